The number of sulfonamides is 1. The zero-order valence-corrected chi connectivity index (χ0v) is 12.9. The van der Waals surface area contributed by atoms with Crippen LogP contribution in [-0.2, 0) is 23.1 Å². The first-order valence-corrected chi connectivity index (χ1v) is 8.14. The number of hydrogen-bond acceptors (Lipinski definition) is 5. The predicted octanol–water partition coefficient (Wildman–Crippen LogP) is 1.60. The summed E-state index contributed by atoms with van der Waals surface area (Å²) in [6.45, 7) is 2.99. The van der Waals surface area contributed by atoms with Crippen molar-refractivity contribution in [2.45, 2.75) is 25.0 Å². The highest BCUT2D eigenvalue weighted by molar-refractivity contribution is 7.89. The van der Waals surface area contributed by atoms with Crippen molar-refractivity contribution in [3.63, 3.8) is 0 Å². The molecule has 0 saturated heterocycles. The molecule has 0 spiro atoms. The molecule has 0 aromatic carbocycles. The van der Waals surface area contributed by atoms with Crippen LogP contribution in [0.1, 0.15) is 18.2 Å². The lowest BCUT2D eigenvalue weighted by Crippen LogP contribution is -2.31. The molecule has 0 aliphatic heterocycles. The third-order valence-electron chi connectivity index (χ3n) is 3.05. The van der Waals surface area contributed by atoms with Crippen molar-refractivity contribution in [3.05, 3.63) is 48.0 Å². The van der Waals surface area contributed by atoms with Crippen molar-refractivity contribution >= 4 is 10.0 Å². The molecule has 21 heavy (non-hydrogen) atoms. The van der Waals surface area contributed by atoms with Gasteiger partial charge in [-0.3, -0.25) is 0 Å². The Hall–Kier alpha value is -1.70. The predicted molar refractivity (Wildman–Crippen MR) is 79.0 cm³/mol. The maximum atomic E-state index is 12.6. The summed E-state index contributed by atoms with van der Waals surface area (Å²) in [5, 5.41) is 3.05. The van der Waals surface area contributed by atoms with Crippen molar-refractivity contribution in [1.82, 2.24) is 14.6 Å². The van der Waals surface area contributed by atoms with Crippen LogP contribution >= 0.6 is 0 Å². The van der Waals surface area contributed by atoms with E-state index in [-0.39, 0.29) is 11.6 Å². The SMILES string of the molecule is CCN(Cc1ccco1)S(=O)(=O)c1ccc(CNC)cn1. The number of hydrogen-bond donors (Lipinski definition) is 1. The first-order chi connectivity index (χ1) is 10.1. The van der Waals surface area contributed by atoms with Crippen LogP contribution in [-0.4, -0.2) is 31.3 Å². The van der Waals surface area contributed by atoms with Crippen molar-refractivity contribution in [2.24, 2.45) is 0 Å². The average molecular weight is 309 g/mol. The Bertz CT molecular complexity index is 651. The minimum atomic E-state index is -3.62. The molecular weight excluding hydrogens is 290 g/mol. The fraction of sp³-hybridized carbons (Fsp3) is 0.357. The molecule has 0 atom stereocenters. The van der Waals surface area contributed by atoms with Gasteiger partial charge in [0.05, 0.1) is 12.8 Å². The number of aromatic nitrogens is 1. The van der Waals surface area contributed by atoms with Gasteiger partial charge in [0.25, 0.3) is 10.0 Å². The summed E-state index contributed by atoms with van der Waals surface area (Å²) in [7, 11) is -1.79. The van der Waals surface area contributed by atoms with Crippen LogP contribution in [0.15, 0.2) is 46.2 Å². The van der Waals surface area contributed by atoms with Crippen LogP contribution < -0.4 is 5.32 Å². The van der Waals surface area contributed by atoms with E-state index in [1.165, 1.54) is 16.6 Å². The minimum Gasteiger partial charge on any atom is -0.468 e. The van der Waals surface area contributed by atoms with Crippen LogP contribution in [0, 0.1) is 0 Å². The molecule has 0 amide bonds. The fourth-order valence-electron chi connectivity index (χ4n) is 1.95. The highest BCUT2D eigenvalue weighted by Crippen LogP contribution is 2.17. The fourth-order valence-corrected chi connectivity index (χ4v) is 3.28. The maximum Gasteiger partial charge on any atom is 0.260 e. The minimum absolute atomic E-state index is 0.0516. The molecule has 0 aliphatic rings. The van der Waals surface area contributed by atoms with Crippen molar-refractivity contribution in [1.29, 1.82) is 0 Å². The van der Waals surface area contributed by atoms with Gasteiger partial charge in [0.1, 0.15) is 5.76 Å². The highest BCUT2D eigenvalue weighted by atomic mass is 32.2. The van der Waals surface area contributed by atoms with Gasteiger partial charge in [-0.1, -0.05) is 13.0 Å². The number of pyridine rings is 1. The van der Waals surface area contributed by atoms with Gasteiger partial charge < -0.3 is 9.73 Å². The molecule has 2 aromatic rings. The molecule has 114 valence electrons. The summed E-state index contributed by atoms with van der Waals surface area (Å²) in [6, 6.07) is 6.78. The molecule has 0 saturated carbocycles. The third-order valence-corrected chi connectivity index (χ3v) is 4.88. The normalized spacial score (nSPS) is 12.0. The summed E-state index contributed by atoms with van der Waals surface area (Å²) in [5.41, 5.74) is 0.936. The lowest BCUT2D eigenvalue weighted by molar-refractivity contribution is 0.374. The van der Waals surface area contributed by atoms with Crippen LogP contribution in [0.5, 0.6) is 0 Å². The van der Waals surface area contributed by atoms with Gasteiger partial charge >= 0.3 is 0 Å². The molecule has 0 aliphatic carbocycles. The Morgan fingerprint density at radius 1 is 1.33 bits per heavy atom. The van der Waals surface area contributed by atoms with Crippen LogP contribution in [0.3, 0.4) is 0 Å². The molecule has 6 nitrogen and oxygen atoms in total. The van der Waals surface area contributed by atoms with Crippen LogP contribution in [0.2, 0.25) is 0 Å². The van der Waals surface area contributed by atoms with E-state index < -0.39 is 10.0 Å². The summed E-state index contributed by atoms with van der Waals surface area (Å²) in [5.74, 6) is 0.604. The molecule has 0 unspecified atom stereocenters. The van der Waals surface area contributed by atoms with E-state index in [0.717, 1.165) is 5.56 Å². The van der Waals surface area contributed by atoms with Gasteiger partial charge in [-0.25, -0.2) is 13.4 Å². The third kappa shape index (κ3) is 3.69. The second-order valence-corrected chi connectivity index (χ2v) is 6.43. The molecular formula is C14H19N3O3S. The second kappa shape index (κ2) is 6.84. The van der Waals surface area contributed by atoms with E-state index in [4.69, 9.17) is 4.42 Å². The zero-order chi connectivity index (χ0) is 15.3. The molecule has 7 heteroatoms. The van der Waals surface area contributed by atoms with E-state index in [1.807, 2.05) is 7.05 Å². The second-order valence-electron chi connectivity index (χ2n) is 4.55. The van der Waals surface area contributed by atoms with Gasteiger partial charge in [0.2, 0.25) is 0 Å². The number of furan rings is 1. The number of nitrogens with one attached hydrogen (secondary N) is 1. The summed E-state index contributed by atoms with van der Waals surface area (Å²) >= 11 is 0. The maximum absolute atomic E-state index is 12.6. The Morgan fingerprint density at radius 3 is 2.67 bits per heavy atom. The molecule has 2 heterocycles. The Morgan fingerprint density at radius 2 is 2.14 bits per heavy atom. The highest BCUT2D eigenvalue weighted by Gasteiger charge is 2.25. The van der Waals surface area contributed by atoms with Crippen molar-refractivity contribution in [2.75, 3.05) is 13.6 Å². The lowest BCUT2D eigenvalue weighted by atomic mass is 10.3. The summed E-state index contributed by atoms with van der Waals surface area (Å²) in [6.07, 6.45) is 3.10. The van der Waals surface area contributed by atoms with Gasteiger partial charge in [0.15, 0.2) is 5.03 Å². The number of nitrogens with zero attached hydrogens (tertiary/aromatic N) is 2. The number of rotatable bonds is 7. The first kappa shape index (κ1) is 15.7. The van der Waals surface area contributed by atoms with E-state index in [9.17, 15) is 8.42 Å². The quantitative estimate of drug-likeness (QED) is 0.841. The molecule has 0 radical (unpaired) electrons. The van der Waals surface area contributed by atoms with E-state index in [1.54, 1.807) is 31.3 Å². The van der Waals surface area contributed by atoms with Crippen LogP contribution in [0.4, 0.5) is 0 Å². The molecule has 0 fully saturated rings. The van der Waals surface area contributed by atoms with E-state index >= 15 is 0 Å². The standard InChI is InChI=1S/C14H19N3O3S/c1-3-17(11-13-5-4-8-20-13)21(18,19)14-7-6-12(9-15-2)10-16-14/h4-8,10,15H,3,9,11H2,1-2H3. The Kier molecular flexibility index (Phi) is 5.11. The van der Waals surface area contributed by atoms with Gasteiger partial charge in [-0.15, -0.1) is 0 Å². The molecule has 2 rings (SSSR count). The van der Waals surface area contributed by atoms with Gasteiger partial charge in [-0.2, -0.15) is 4.31 Å². The van der Waals surface area contributed by atoms with Gasteiger partial charge in [0, 0.05) is 19.3 Å². The Labute approximate surface area is 124 Å². The summed E-state index contributed by atoms with van der Waals surface area (Å²) in [4.78, 5) is 4.07. The Balaban J connectivity index is 2.22. The van der Waals surface area contributed by atoms with Crippen molar-refractivity contribution in [3.8, 4) is 0 Å². The monoisotopic (exact) mass is 309 g/mol. The molecule has 2 aromatic heterocycles. The first-order valence-electron chi connectivity index (χ1n) is 6.70. The van der Waals surface area contributed by atoms with Crippen molar-refractivity contribution < 1.29 is 12.8 Å². The van der Waals surface area contributed by atoms with Gasteiger partial charge in [-0.05, 0) is 30.8 Å². The van der Waals surface area contributed by atoms with Crippen LogP contribution in [0.25, 0.3) is 0 Å². The smallest absolute Gasteiger partial charge is 0.260 e. The molecule has 1 N–H and O–H groups in total. The molecule has 0 bridgehead atoms. The lowest BCUT2D eigenvalue weighted by Gasteiger charge is -2.18. The summed E-state index contributed by atoms with van der Waals surface area (Å²) < 4.78 is 31.7. The van der Waals surface area contributed by atoms with E-state index in [0.29, 0.717) is 18.8 Å². The van der Waals surface area contributed by atoms with E-state index in [2.05, 4.69) is 10.3 Å². The largest absolute Gasteiger partial charge is 0.468 e. The average Bonchev–Trinajstić information content (AvgIpc) is 2.98. The topological polar surface area (TPSA) is 75.4 Å². The zero-order valence-electron chi connectivity index (χ0n) is 12.1.